The van der Waals surface area contributed by atoms with Crippen LogP contribution in [0.1, 0.15) is 32.6 Å². The number of unbranched alkanes of at least 4 members (excludes halogenated alkanes) is 2. The molecule has 1 aromatic rings. The molecule has 0 heterocycles. The molecule has 0 amide bonds. The van der Waals surface area contributed by atoms with Crippen LogP contribution in [0.25, 0.3) is 0 Å². The van der Waals surface area contributed by atoms with Gasteiger partial charge in [-0.3, -0.25) is 0 Å². The number of hydrogen-bond acceptors (Lipinski definition) is 3. The number of aliphatic carboxylic acids is 2. The maximum absolute atomic E-state index is 11.4. The second-order valence-corrected chi connectivity index (χ2v) is 4.46. The van der Waals surface area contributed by atoms with Gasteiger partial charge in [-0.25, -0.2) is 9.59 Å². The van der Waals surface area contributed by atoms with Gasteiger partial charge >= 0.3 is 11.9 Å². The Hall–Kier alpha value is -2.04. The van der Waals surface area contributed by atoms with Gasteiger partial charge in [-0.2, -0.15) is 0 Å². The molecule has 5 heteroatoms. The first-order chi connectivity index (χ1) is 9.03. The Kier molecular flexibility index (Phi) is 5.36. The molecule has 0 fully saturated rings. The van der Waals surface area contributed by atoms with E-state index in [-0.39, 0.29) is 6.42 Å². The van der Waals surface area contributed by atoms with Crippen LogP contribution in [0.15, 0.2) is 30.3 Å². The Labute approximate surface area is 112 Å². The first-order valence-corrected chi connectivity index (χ1v) is 6.33. The van der Waals surface area contributed by atoms with E-state index in [2.05, 4.69) is 5.32 Å². The number of anilines is 1. The summed E-state index contributed by atoms with van der Waals surface area (Å²) >= 11 is 0. The number of nitrogens with one attached hydrogen (secondary N) is 1. The van der Waals surface area contributed by atoms with Gasteiger partial charge in [0.25, 0.3) is 0 Å². The second-order valence-electron chi connectivity index (χ2n) is 4.46. The number of carboxylic acids is 2. The van der Waals surface area contributed by atoms with Gasteiger partial charge in [0.2, 0.25) is 5.54 Å². The largest absolute Gasteiger partial charge is 0.479 e. The monoisotopic (exact) mass is 265 g/mol. The van der Waals surface area contributed by atoms with E-state index in [0.29, 0.717) is 12.1 Å². The molecular weight excluding hydrogens is 246 g/mol. The van der Waals surface area contributed by atoms with Crippen LogP contribution < -0.4 is 5.32 Å². The third kappa shape index (κ3) is 3.71. The van der Waals surface area contributed by atoms with Gasteiger partial charge in [-0.1, -0.05) is 38.0 Å². The van der Waals surface area contributed by atoms with Gasteiger partial charge in [0, 0.05) is 5.69 Å². The van der Waals surface area contributed by atoms with E-state index in [9.17, 15) is 19.8 Å². The van der Waals surface area contributed by atoms with Gasteiger partial charge in [0.1, 0.15) is 0 Å². The molecule has 0 aliphatic rings. The Morgan fingerprint density at radius 2 is 1.68 bits per heavy atom. The molecule has 0 radical (unpaired) electrons. The zero-order valence-corrected chi connectivity index (χ0v) is 10.9. The molecule has 3 N–H and O–H groups in total. The molecule has 19 heavy (non-hydrogen) atoms. The van der Waals surface area contributed by atoms with Crippen LogP contribution >= 0.6 is 0 Å². The normalized spacial score (nSPS) is 11.0. The Morgan fingerprint density at radius 1 is 1.11 bits per heavy atom. The van der Waals surface area contributed by atoms with Crippen molar-refractivity contribution in [1.82, 2.24) is 0 Å². The molecule has 0 aliphatic heterocycles. The van der Waals surface area contributed by atoms with E-state index in [4.69, 9.17) is 0 Å². The zero-order chi connectivity index (χ0) is 14.3. The number of para-hydroxylation sites is 1. The van der Waals surface area contributed by atoms with Crippen molar-refractivity contribution in [2.45, 2.75) is 38.1 Å². The highest BCUT2D eigenvalue weighted by Crippen LogP contribution is 2.22. The van der Waals surface area contributed by atoms with E-state index < -0.39 is 17.5 Å². The zero-order valence-electron chi connectivity index (χ0n) is 10.9. The van der Waals surface area contributed by atoms with Crippen molar-refractivity contribution in [1.29, 1.82) is 0 Å². The lowest BCUT2D eigenvalue weighted by Crippen LogP contribution is -2.53. The molecule has 1 rings (SSSR count). The Morgan fingerprint density at radius 3 is 2.16 bits per heavy atom. The van der Waals surface area contributed by atoms with E-state index in [1.54, 1.807) is 30.3 Å². The van der Waals surface area contributed by atoms with Gasteiger partial charge in [0.15, 0.2) is 0 Å². The standard InChI is InChI=1S/C14H19NO4/c1-2-3-7-10-14(12(16)17,13(18)19)15-11-8-5-4-6-9-11/h4-6,8-9,15H,2-3,7,10H2,1H3,(H,16,17)(H,18,19). The lowest BCUT2D eigenvalue weighted by molar-refractivity contribution is -0.155. The van der Waals surface area contributed by atoms with Crippen molar-refractivity contribution < 1.29 is 19.8 Å². The minimum Gasteiger partial charge on any atom is -0.479 e. The number of rotatable bonds is 8. The molecule has 0 saturated carbocycles. The molecule has 0 atom stereocenters. The van der Waals surface area contributed by atoms with Crippen molar-refractivity contribution in [3.63, 3.8) is 0 Å². The van der Waals surface area contributed by atoms with Gasteiger partial charge in [0.05, 0.1) is 0 Å². The lowest BCUT2D eigenvalue weighted by Gasteiger charge is -2.27. The number of benzene rings is 1. The van der Waals surface area contributed by atoms with Crippen LogP contribution in [-0.4, -0.2) is 27.7 Å². The van der Waals surface area contributed by atoms with Crippen molar-refractivity contribution in [3.8, 4) is 0 Å². The summed E-state index contributed by atoms with van der Waals surface area (Å²) in [7, 11) is 0. The summed E-state index contributed by atoms with van der Waals surface area (Å²) in [4.78, 5) is 22.8. The average molecular weight is 265 g/mol. The van der Waals surface area contributed by atoms with Crippen LogP contribution in [0.2, 0.25) is 0 Å². The highest BCUT2D eigenvalue weighted by Gasteiger charge is 2.46. The SMILES string of the molecule is CCCCCC(Nc1ccccc1)(C(=O)O)C(=O)O. The predicted octanol–water partition coefficient (Wildman–Crippen LogP) is 2.59. The summed E-state index contributed by atoms with van der Waals surface area (Å²) in [6.07, 6.45) is 2.31. The van der Waals surface area contributed by atoms with E-state index in [1.807, 2.05) is 6.92 Å². The molecule has 5 nitrogen and oxygen atoms in total. The van der Waals surface area contributed by atoms with Crippen LogP contribution in [0.3, 0.4) is 0 Å². The number of hydrogen-bond donors (Lipinski definition) is 3. The van der Waals surface area contributed by atoms with Crippen LogP contribution in [-0.2, 0) is 9.59 Å². The Bertz CT molecular complexity index is 416. The number of carbonyl (C=O) groups is 2. The van der Waals surface area contributed by atoms with Crippen molar-refractivity contribution >= 4 is 17.6 Å². The van der Waals surface area contributed by atoms with E-state index in [0.717, 1.165) is 12.8 Å². The Balaban J connectivity index is 2.96. The first kappa shape index (κ1) is 15.0. The second kappa shape index (κ2) is 6.78. The summed E-state index contributed by atoms with van der Waals surface area (Å²) < 4.78 is 0. The molecule has 0 saturated heterocycles. The minimum atomic E-state index is -1.96. The van der Waals surface area contributed by atoms with Crippen LogP contribution in [0.5, 0.6) is 0 Å². The molecular formula is C14H19NO4. The summed E-state index contributed by atoms with van der Waals surface area (Å²) in [5.74, 6) is -2.72. The quantitative estimate of drug-likeness (QED) is 0.497. The molecule has 0 bridgehead atoms. The van der Waals surface area contributed by atoms with Gasteiger partial charge in [-0.05, 0) is 25.0 Å². The molecule has 0 aromatic heterocycles. The van der Waals surface area contributed by atoms with Gasteiger partial charge < -0.3 is 15.5 Å². The van der Waals surface area contributed by atoms with Crippen LogP contribution in [0.4, 0.5) is 5.69 Å². The molecule has 0 aliphatic carbocycles. The van der Waals surface area contributed by atoms with Crippen molar-refractivity contribution in [2.24, 2.45) is 0 Å². The average Bonchev–Trinajstić information content (AvgIpc) is 2.38. The maximum atomic E-state index is 11.4. The third-order valence-corrected chi connectivity index (χ3v) is 3.02. The predicted molar refractivity (Wildman–Crippen MR) is 72.2 cm³/mol. The fourth-order valence-electron chi connectivity index (χ4n) is 1.88. The van der Waals surface area contributed by atoms with Gasteiger partial charge in [-0.15, -0.1) is 0 Å². The minimum absolute atomic E-state index is 0.0560. The first-order valence-electron chi connectivity index (χ1n) is 6.33. The lowest BCUT2D eigenvalue weighted by atomic mass is 9.91. The maximum Gasteiger partial charge on any atom is 0.341 e. The molecule has 1 aromatic carbocycles. The molecule has 0 spiro atoms. The topological polar surface area (TPSA) is 86.6 Å². The third-order valence-electron chi connectivity index (χ3n) is 3.02. The smallest absolute Gasteiger partial charge is 0.341 e. The summed E-state index contributed by atoms with van der Waals surface area (Å²) in [5.41, 5.74) is -1.47. The van der Waals surface area contributed by atoms with Crippen molar-refractivity contribution in [3.05, 3.63) is 30.3 Å². The summed E-state index contributed by atoms with van der Waals surface area (Å²) in [6, 6.07) is 8.54. The highest BCUT2D eigenvalue weighted by molar-refractivity contribution is 6.06. The summed E-state index contributed by atoms with van der Waals surface area (Å²) in [5, 5.41) is 21.3. The van der Waals surface area contributed by atoms with E-state index >= 15 is 0 Å². The van der Waals surface area contributed by atoms with Crippen LogP contribution in [0, 0.1) is 0 Å². The van der Waals surface area contributed by atoms with Crippen molar-refractivity contribution in [2.75, 3.05) is 5.32 Å². The fraction of sp³-hybridized carbons (Fsp3) is 0.429. The number of carboxylic acid groups (broad SMARTS) is 2. The summed E-state index contributed by atoms with van der Waals surface area (Å²) in [6.45, 7) is 1.98. The highest BCUT2D eigenvalue weighted by atomic mass is 16.4. The van der Waals surface area contributed by atoms with E-state index in [1.165, 1.54) is 0 Å². The fourth-order valence-corrected chi connectivity index (χ4v) is 1.88. The molecule has 104 valence electrons. The molecule has 0 unspecified atom stereocenters.